The Morgan fingerprint density at radius 2 is 2.04 bits per heavy atom. The lowest BCUT2D eigenvalue weighted by Crippen LogP contribution is -2.35. The zero-order valence-electron chi connectivity index (χ0n) is 15.9. The van der Waals surface area contributed by atoms with Crippen molar-refractivity contribution < 1.29 is 4.79 Å². The fourth-order valence-electron chi connectivity index (χ4n) is 2.55. The maximum atomic E-state index is 12.7. The van der Waals surface area contributed by atoms with E-state index in [0.717, 1.165) is 29.9 Å². The Kier molecular flexibility index (Phi) is 7.38. The van der Waals surface area contributed by atoms with Crippen LogP contribution in [0.5, 0.6) is 0 Å². The highest BCUT2D eigenvalue weighted by Gasteiger charge is 2.18. The molecular formula is C20H24N4O2S. The normalized spacial score (nSPS) is 12.4. The molecule has 0 fully saturated rings. The van der Waals surface area contributed by atoms with Gasteiger partial charge >= 0.3 is 0 Å². The number of hydrogen-bond acceptors (Lipinski definition) is 5. The number of thiazole rings is 1. The molecule has 1 aromatic heterocycles. The molecule has 1 aromatic carbocycles. The van der Waals surface area contributed by atoms with Gasteiger partial charge in [0.05, 0.1) is 0 Å². The summed E-state index contributed by atoms with van der Waals surface area (Å²) in [5.41, 5.74) is 0.657. The van der Waals surface area contributed by atoms with Crippen LogP contribution in [0.1, 0.15) is 26.7 Å². The number of amides is 1. The average molecular weight is 385 g/mol. The van der Waals surface area contributed by atoms with Crippen LogP contribution in [0.4, 0.5) is 5.69 Å². The molecule has 2 rings (SSSR count). The van der Waals surface area contributed by atoms with E-state index in [-0.39, 0.29) is 17.0 Å². The highest BCUT2D eigenvalue weighted by molar-refractivity contribution is 7.07. The first-order chi connectivity index (χ1) is 13.0. The lowest BCUT2D eigenvalue weighted by Gasteiger charge is -2.15. The van der Waals surface area contributed by atoms with Crippen LogP contribution in [0.2, 0.25) is 0 Å². The standard InChI is InChI=1S/C20H24N4O2S/c1-4-6-12-23(3)18(25)16(13-21)20-24(5-2)19(26)17(27-20)14-22-15-10-8-7-9-11-15/h7-11,14,22H,4-6,12H2,1-3H3. The van der Waals surface area contributed by atoms with E-state index in [1.54, 1.807) is 13.2 Å². The van der Waals surface area contributed by atoms with E-state index >= 15 is 0 Å². The molecule has 0 aliphatic rings. The van der Waals surface area contributed by atoms with E-state index in [2.05, 4.69) is 5.32 Å². The quantitative estimate of drug-likeness (QED) is 0.788. The Bertz CT molecular complexity index is 999. The van der Waals surface area contributed by atoms with Crippen LogP contribution in [0.3, 0.4) is 0 Å². The molecule has 1 N–H and O–H groups in total. The van der Waals surface area contributed by atoms with Crippen molar-refractivity contribution in [2.45, 2.75) is 33.2 Å². The van der Waals surface area contributed by atoms with Crippen molar-refractivity contribution in [1.29, 1.82) is 5.26 Å². The van der Waals surface area contributed by atoms with Crippen LogP contribution in [-0.4, -0.2) is 29.0 Å². The third-order valence-corrected chi connectivity index (χ3v) is 5.23. The molecule has 0 saturated carbocycles. The van der Waals surface area contributed by atoms with Crippen molar-refractivity contribution in [3.05, 3.63) is 49.9 Å². The van der Waals surface area contributed by atoms with Gasteiger partial charge in [0, 0.05) is 32.0 Å². The number of hydrogen-bond donors (Lipinski definition) is 1. The number of nitriles is 1. The second kappa shape index (κ2) is 9.74. The summed E-state index contributed by atoms with van der Waals surface area (Å²) in [4.78, 5) is 26.9. The third kappa shape index (κ3) is 4.86. The van der Waals surface area contributed by atoms with Crippen molar-refractivity contribution >= 4 is 34.7 Å². The van der Waals surface area contributed by atoms with Gasteiger partial charge < -0.3 is 10.2 Å². The van der Waals surface area contributed by atoms with Gasteiger partial charge in [-0.3, -0.25) is 14.2 Å². The number of aromatic nitrogens is 1. The second-order valence-corrected chi connectivity index (χ2v) is 7.07. The molecule has 6 nitrogen and oxygen atoms in total. The van der Waals surface area contributed by atoms with Crippen molar-refractivity contribution in [1.82, 2.24) is 9.47 Å². The van der Waals surface area contributed by atoms with Gasteiger partial charge in [0.1, 0.15) is 15.3 Å². The topological polar surface area (TPSA) is 78.1 Å². The zero-order chi connectivity index (χ0) is 19.8. The number of carbonyl (C=O) groups excluding carboxylic acids is 1. The second-order valence-electron chi connectivity index (χ2n) is 6.04. The number of para-hydroxylation sites is 1. The largest absolute Gasteiger partial charge is 0.360 e. The molecule has 0 aliphatic carbocycles. The minimum Gasteiger partial charge on any atom is -0.360 e. The summed E-state index contributed by atoms with van der Waals surface area (Å²) >= 11 is 1.16. The molecule has 1 heterocycles. The summed E-state index contributed by atoms with van der Waals surface area (Å²) < 4.78 is 2.33. The summed E-state index contributed by atoms with van der Waals surface area (Å²) in [5, 5.41) is 12.7. The van der Waals surface area contributed by atoms with Crippen LogP contribution in [0, 0.1) is 11.3 Å². The molecule has 142 valence electrons. The molecule has 0 saturated heterocycles. The van der Waals surface area contributed by atoms with E-state index in [1.807, 2.05) is 50.2 Å². The first kappa shape index (κ1) is 20.5. The number of benzene rings is 1. The molecule has 0 atom stereocenters. The van der Waals surface area contributed by atoms with E-state index in [4.69, 9.17) is 0 Å². The van der Waals surface area contributed by atoms with Crippen molar-refractivity contribution in [3.8, 4) is 6.07 Å². The van der Waals surface area contributed by atoms with Crippen LogP contribution in [0.25, 0.3) is 11.8 Å². The summed E-state index contributed by atoms with van der Waals surface area (Å²) in [5.74, 6) is -0.350. The Morgan fingerprint density at radius 1 is 1.33 bits per heavy atom. The Balaban J connectivity index is 2.52. The fourth-order valence-corrected chi connectivity index (χ4v) is 3.63. The number of anilines is 1. The van der Waals surface area contributed by atoms with Gasteiger partial charge in [0.15, 0.2) is 5.57 Å². The van der Waals surface area contributed by atoms with Crippen molar-refractivity contribution in [2.24, 2.45) is 0 Å². The molecule has 7 heteroatoms. The predicted molar refractivity (Wildman–Crippen MR) is 110 cm³/mol. The monoisotopic (exact) mass is 384 g/mol. The highest BCUT2D eigenvalue weighted by Crippen LogP contribution is 2.04. The van der Waals surface area contributed by atoms with E-state index in [1.165, 1.54) is 9.47 Å². The fraction of sp³-hybridized carbons (Fsp3) is 0.350. The van der Waals surface area contributed by atoms with Crippen molar-refractivity contribution in [2.75, 3.05) is 18.9 Å². The highest BCUT2D eigenvalue weighted by atomic mass is 32.1. The summed E-state index contributed by atoms with van der Waals surface area (Å²) in [6.07, 6.45) is 3.45. The molecule has 0 bridgehead atoms. The van der Waals surface area contributed by atoms with Crippen LogP contribution in [-0.2, 0) is 11.3 Å². The molecule has 0 spiro atoms. The average Bonchev–Trinajstić information content (AvgIpc) is 3.01. The Hall–Kier alpha value is -2.85. The van der Waals surface area contributed by atoms with Gasteiger partial charge in [-0.05, 0) is 25.5 Å². The summed E-state index contributed by atoms with van der Waals surface area (Å²) in [6, 6.07) is 11.5. The minimum atomic E-state index is -0.350. The number of nitrogens with one attached hydrogen (secondary N) is 1. The van der Waals surface area contributed by atoms with Crippen LogP contribution in [0.15, 0.2) is 35.1 Å². The van der Waals surface area contributed by atoms with Gasteiger partial charge in [-0.15, -0.1) is 11.3 Å². The van der Waals surface area contributed by atoms with Gasteiger partial charge in [-0.1, -0.05) is 31.5 Å². The molecule has 1 amide bonds. The van der Waals surface area contributed by atoms with Crippen LogP contribution >= 0.6 is 11.3 Å². The molecule has 0 aliphatic heterocycles. The van der Waals surface area contributed by atoms with E-state index in [9.17, 15) is 14.9 Å². The number of rotatable bonds is 7. The summed E-state index contributed by atoms with van der Waals surface area (Å²) in [6.45, 7) is 4.84. The maximum absolute atomic E-state index is 12.7. The maximum Gasteiger partial charge on any atom is 0.270 e. The molecular weight excluding hydrogens is 360 g/mol. The number of nitrogens with zero attached hydrogens (tertiary/aromatic N) is 3. The Labute approximate surface area is 162 Å². The molecule has 0 radical (unpaired) electrons. The summed E-state index contributed by atoms with van der Waals surface area (Å²) in [7, 11) is 1.68. The lowest BCUT2D eigenvalue weighted by atomic mass is 10.2. The van der Waals surface area contributed by atoms with Gasteiger partial charge in [0.25, 0.3) is 11.5 Å². The SMILES string of the molecule is CCCCN(C)C(=O)C(C#N)=c1sc(=CNc2ccccc2)c(=O)n1CC. The molecule has 0 unspecified atom stereocenters. The zero-order valence-corrected chi connectivity index (χ0v) is 16.7. The number of carbonyl (C=O) groups is 1. The lowest BCUT2D eigenvalue weighted by molar-refractivity contribution is -0.123. The smallest absolute Gasteiger partial charge is 0.270 e. The van der Waals surface area contributed by atoms with Gasteiger partial charge in [-0.2, -0.15) is 5.26 Å². The molecule has 27 heavy (non-hydrogen) atoms. The van der Waals surface area contributed by atoms with E-state index in [0.29, 0.717) is 22.3 Å². The Morgan fingerprint density at radius 3 is 2.63 bits per heavy atom. The number of unbranched alkanes of at least 4 members (excludes halogenated alkanes) is 1. The predicted octanol–water partition coefficient (Wildman–Crippen LogP) is 1.71. The van der Waals surface area contributed by atoms with Gasteiger partial charge in [-0.25, -0.2) is 0 Å². The molecule has 2 aromatic rings. The third-order valence-electron chi connectivity index (χ3n) is 4.10. The van der Waals surface area contributed by atoms with Crippen molar-refractivity contribution in [3.63, 3.8) is 0 Å². The van der Waals surface area contributed by atoms with E-state index < -0.39 is 0 Å². The first-order valence-electron chi connectivity index (χ1n) is 8.94. The van der Waals surface area contributed by atoms with Gasteiger partial charge in [0.2, 0.25) is 0 Å². The first-order valence-corrected chi connectivity index (χ1v) is 9.76. The van der Waals surface area contributed by atoms with Crippen LogP contribution < -0.4 is 20.1 Å². The minimum absolute atomic E-state index is 0.0110.